The quantitative estimate of drug-likeness (QED) is 0.879. The molecule has 2 unspecified atom stereocenters. The van der Waals surface area contributed by atoms with E-state index in [1.54, 1.807) is 0 Å². The Balaban J connectivity index is 2.06. The van der Waals surface area contributed by atoms with Crippen LogP contribution in [-0.4, -0.2) is 38.8 Å². The number of carboxylic acids is 1. The topological polar surface area (TPSA) is 58.4 Å². The lowest BCUT2D eigenvalue weighted by molar-refractivity contribution is -0.142. The van der Waals surface area contributed by atoms with Gasteiger partial charge in [-0.2, -0.15) is 5.10 Å². The molecule has 1 aromatic heterocycles. The molecule has 0 radical (unpaired) electrons. The molecule has 1 aliphatic heterocycles. The number of rotatable bonds is 5. The van der Waals surface area contributed by atoms with Crippen molar-refractivity contribution in [3.8, 4) is 0 Å². The minimum Gasteiger partial charge on any atom is -0.481 e. The minimum atomic E-state index is -0.673. The monoisotopic (exact) mass is 265 g/mol. The van der Waals surface area contributed by atoms with Crippen molar-refractivity contribution in [2.24, 2.45) is 11.8 Å². The van der Waals surface area contributed by atoms with E-state index in [9.17, 15) is 4.79 Å². The van der Waals surface area contributed by atoms with Crippen molar-refractivity contribution < 1.29 is 9.90 Å². The fourth-order valence-corrected chi connectivity index (χ4v) is 2.84. The van der Waals surface area contributed by atoms with E-state index >= 15 is 0 Å². The zero-order valence-corrected chi connectivity index (χ0v) is 12.0. The standard InChI is InChI=1S/C14H23N3O2/c1-4-11-6-12(17(5-2)15-11)8-16-7-10(3)13(9-16)14(18)19/h6,10,13H,4-5,7-9H2,1-3H3,(H,18,19). The molecular weight excluding hydrogens is 242 g/mol. The molecule has 1 aliphatic rings. The van der Waals surface area contributed by atoms with Crippen LogP contribution in [0.1, 0.15) is 32.2 Å². The highest BCUT2D eigenvalue weighted by atomic mass is 16.4. The first-order valence-corrected chi connectivity index (χ1v) is 7.05. The van der Waals surface area contributed by atoms with Gasteiger partial charge in [0.25, 0.3) is 0 Å². The molecule has 1 N–H and O–H groups in total. The lowest BCUT2D eigenvalue weighted by atomic mass is 9.99. The third-order valence-corrected chi connectivity index (χ3v) is 3.97. The lowest BCUT2D eigenvalue weighted by Gasteiger charge is -2.15. The van der Waals surface area contributed by atoms with Crippen molar-refractivity contribution >= 4 is 5.97 Å². The molecule has 5 nitrogen and oxygen atoms in total. The molecule has 2 heterocycles. The maximum absolute atomic E-state index is 11.1. The van der Waals surface area contributed by atoms with Gasteiger partial charge in [-0.05, 0) is 25.3 Å². The van der Waals surface area contributed by atoms with Crippen LogP contribution in [0.5, 0.6) is 0 Å². The summed E-state index contributed by atoms with van der Waals surface area (Å²) in [5.74, 6) is -0.682. The molecule has 106 valence electrons. The number of hydrogen-bond donors (Lipinski definition) is 1. The molecule has 1 fully saturated rings. The van der Waals surface area contributed by atoms with Crippen molar-refractivity contribution in [1.82, 2.24) is 14.7 Å². The molecule has 0 aliphatic carbocycles. The summed E-state index contributed by atoms with van der Waals surface area (Å²) < 4.78 is 2.03. The molecular formula is C14H23N3O2. The van der Waals surface area contributed by atoms with E-state index in [4.69, 9.17) is 5.11 Å². The number of nitrogens with zero attached hydrogens (tertiary/aromatic N) is 3. The summed E-state index contributed by atoms with van der Waals surface area (Å²) in [7, 11) is 0. The van der Waals surface area contributed by atoms with E-state index in [0.29, 0.717) is 6.54 Å². The fraction of sp³-hybridized carbons (Fsp3) is 0.714. The number of likely N-dealkylation sites (tertiary alicyclic amines) is 1. The smallest absolute Gasteiger partial charge is 0.308 e. The van der Waals surface area contributed by atoms with E-state index in [0.717, 1.165) is 31.7 Å². The van der Waals surface area contributed by atoms with Gasteiger partial charge in [-0.15, -0.1) is 0 Å². The average molecular weight is 265 g/mol. The number of hydrogen-bond acceptors (Lipinski definition) is 3. The molecule has 0 aromatic carbocycles. The Kier molecular flexibility index (Phi) is 4.24. The normalized spacial score (nSPS) is 23.9. The molecule has 2 atom stereocenters. The van der Waals surface area contributed by atoms with E-state index in [1.165, 1.54) is 5.69 Å². The number of carboxylic acid groups (broad SMARTS) is 1. The van der Waals surface area contributed by atoms with Gasteiger partial charge in [0.15, 0.2) is 0 Å². The second kappa shape index (κ2) is 5.74. The van der Waals surface area contributed by atoms with Crippen LogP contribution in [0.15, 0.2) is 6.07 Å². The van der Waals surface area contributed by atoms with Crippen molar-refractivity contribution in [3.05, 3.63) is 17.5 Å². The average Bonchev–Trinajstić information content (AvgIpc) is 2.93. The SMILES string of the molecule is CCc1cc(CN2CC(C)C(C(=O)O)C2)n(CC)n1. The summed E-state index contributed by atoms with van der Waals surface area (Å²) in [5.41, 5.74) is 2.30. The summed E-state index contributed by atoms with van der Waals surface area (Å²) in [6.45, 7) is 9.37. The van der Waals surface area contributed by atoms with Gasteiger partial charge in [-0.1, -0.05) is 13.8 Å². The Bertz CT molecular complexity index is 456. The van der Waals surface area contributed by atoms with Gasteiger partial charge in [0.1, 0.15) is 0 Å². The molecule has 0 bridgehead atoms. The van der Waals surface area contributed by atoms with E-state index in [-0.39, 0.29) is 11.8 Å². The van der Waals surface area contributed by atoms with Crippen LogP contribution < -0.4 is 0 Å². The maximum atomic E-state index is 11.1. The molecule has 1 aromatic rings. The Morgan fingerprint density at radius 2 is 2.21 bits per heavy atom. The second-order valence-electron chi connectivity index (χ2n) is 5.41. The first-order chi connectivity index (χ1) is 9.05. The maximum Gasteiger partial charge on any atom is 0.308 e. The number of aliphatic carboxylic acids is 1. The van der Waals surface area contributed by atoms with Crippen LogP contribution in [-0.2, 0) is 24.3 Å². The Hall–Kier alpha value is -1.36. The molecule has 19 heavy (non-hydrogen) atoms. The third kappa shape index (κ3) is 2.97. The highest BCUT2D eigenvalue weighted by molar-refractivity contribution is 5.71. The van der Waals surface area contributed by atoms with Gasteiger partial charge in [-0.3, -0.25) is 14.4 Å². The van der Waals surface area contributed by atoms with Crippen LogP contribution in [0.2, 0.25) is 0 Å². The van der Waals surface area contributed by atoms with Crippen LogP contribution in [0.3, 0.4) is 0 Å². The predicted octanol–water partition coefficient (Wildman–Crippen LogP) is 1.62. The van der Waals surface area contributed by atoms with Gasteiger partial charge in [-0.25, -0.2) is 0 Å². The minimum absolute atomic E-state index is 0.223. The zero-order valence-electron chi connectivity index (χ0n) is 12.0. The summed E-state index contributed by atoms with van der Waals surface area (Å²) in [6, 6.07) is 2.14. The Labute approximate surface area is 114 Å². The molecule has 0 amide bonds. The summed E-state index contributed by atoms with van der Waals surface area (Å²) in [4.78, 5) is 13.4. The lowest BCUT2D eigenvalue weighted by Crippen LogP contribution is -2.24. The van der Waals surface area contributed by atoms with Crippen LogP contribution in [0.4, 0.5) is 0 Å². The Morgan fingerprint density at radius 3 is 2.74 bits per heavy atom. The number of aryl methyl sites for hydroxylation is 2. The molecule has 1 saturated heterocycles. The molecule has 5 heteroatoms. The highest BCUT2D eigenvalue weighted by Gasteiger charge is 2.34. The third-order valence-electron chi connectivity index (χ3n) is 3.97. The van der Waals surface area contributed by atoms with Gasteiger partial charge < -0.3 is 5.11 Å². The largest absolute Gasteiger partial charge is 0.481 e. The van der Waals surface area contributed by atoms with E-state index in [2.05, 4.69) is 29.9 Å². The Morgan fingerprint density at radius 1 is 1.47 bits per heavy atom. The van der Waals surface area contributed by atoms with E-state index in [1.807, 2.05) is 11.6 Å². The predicted molar refractivity (Wildman–Crippen MR) is 72.8 cm³/mol. The number of carbonyl (C=O) groups is 1. The first kappa shape index (κ1) is 14.1. The van der Waals surface area contributed by atoms with Crippen molar-refractivity contribution in [2.45, 2.75) is 40.3 Å². The van der Waals surface area contributed by atoms with Crippen molar-refractivity contribution in [2.75, 3.05) is 13.1 Å². The molecule has 0 saturated carbocycles. The van der Waals surface area contributed by atoms with Crippen LogP contribution in [0, 0.1) is 11.8 Å². The molecule has 2 rings (SSSR count). The van der Waals surface area contributed by atoms with Gasteiger partial charge >= 0.3 is 5.97 Å². The van der Waals surface area contributed by atoms with Crippen LogP contribution in [0.25, 0.3) is 0 Å². The van der Waals surface area contributed by atoms with Gasteiger partial charge in [0, 0.05) is 26.2 Å². The van der Waals surface area contributed by atoms with Crippen molar-refractivity contribution in [3.63, 3.8) is 0 Å². The molecule has 0 spiro atoms. The summed E-state index contributed by atoms with van der Waals surface area (Å²) in [6.07, 6.45) is 0.939. The highest BCUT2D eigenvalue weighted by Crippen LogP contribution is 2.24. The first-order valence-electron chi connectivity index (χ1n) is 7.05. The van der Waals surface area contributed by atoms with Crippen molar-refractivity contribution in [1.29, 1.82) is 0 Å². The number of aromatic nitrogens is 2. The fourth-order valence-electron chi connectivity index (χ4n) is 2.84. The second-order valence-corrected chi connectivity index (χ2v) is 5.41. The zero-order chi connectivity index (χ0) is 14.0. The van der Waals surface area contributed by atoms with Gasteiger partial charge in [0.2, 0.25) is 0 Å². The van der Waals surface area contributed by atoms with E-state index < -0.39 is 5.97 Å². The summed E-state index contributed by atoms with van der Waals surface area (Å²) >= 11 is 0. The summed E-state index contributed by atoms with van der Waals surface area (Å²) in [5, 5.41) is 13.7. The van der Waals surface area contributed by atoms with Gasteiger partial charge in [0.05, 0.1) is 17.3 Å². The van der Waals surface area contributed by atoms with Crippen LogP contribution >= 0.6 is 0 Å².